The number of halogens is 1. The Labute approximate surface area is 118 Å². The minimum atomic E-state index is 0.486. The average Bonchev–Trinajstić information content (AvgIpc) is 2.39. The molecule has 0 saturated heterocycles. The summed E-state index contributed by atoms with van der Waals surface area (Å²) >= 11 is 3.64. The Bertz CT molecular complexity index is 371. The van der Waals surface area contributed by atoms with Gasteiger partial charge in [-0.3, -0.25) is 0 Å². The molecule has 1 aromatic rings. The van der Waals surface area contributed by atoms with Crippen molar-refractivity contribution in [1.82, 2.24) is 0 Å². The molecule has 3 nitrogen and oxygen atoms in total. The molecular weight excluding hydrogens is 292 g/mol. The quantitative estimate of drug-likeness (QED) is 0.840. The summed E-state index contributed by atoms with van der Waals surface area (Å²) in [6.07, 6.45) is 1.11. The van der Waals surface area contributed by atoms with E-state index in [2.05, 4.69) is 52.9 Å². The number of rotatable bonds is 7. The summed E-state index contributed by atoms with van der Waals surface area (Å²) in [5.74, 6) is 0. The zero-order chi connectivity index (χ0) is 13.5. The van der Waals surface area contributed by atoms with Crippen LogP contribution in [0, 0.1) is 0 Å². The first-order valence-corrected chi connectivity index (χ1v) is 7.17. The fraction of sp³-hybridized carbons (Fsp3) is 0.571. The molecule has 0 aliphatic carbocycles. The predicted octanol–water partition coefficient (Wildman–Crippen LogP) is 3.16. The van der Waals surface area contributed by atoms with Gasteiger partial charge in [0.25, 0.3) is 0 Å². The Kier molecular flexibility index (Phi) is 6.68. The van der Waals surface area contributed by atoms with Crippen LogP contribution >= 0.6 is 15.9 Å². The van der Waals surface area contributed by atoms with Gasteiger partial charge in [0, 0.05) is 30.7 Å². The SMILES string of the molecule is CCC(C)N(CCOC)c1ccc(CN)cc1Br. The molecule has 2 N–H and O–H groups in total. The number of anilines is 1. The van der Waals surface area contributed by atoms with Gasteiger partial charge in [0.1, 0.15) is 0 Å². The summed E-state index contributed by atoms with van der Waals surface area (Å²) in [6, 6.07) is 6.80. The lowest BCUT2D eigenvalue weighted by Crippen LogP contribution is -2.35. The molecule has 1 rings (SSSR count). The molecule has 0 radical (unpaired) electrons. The van der Waals surface area contributed by atoms with E-state index >= 15 is 0 Å². The lowest BCUT2D eigenvalue weighted by Gasteiger charge is -2.31. The van der Waals surface area contributed by atoms with Gasteiger partial charge in [-0.15, -0.1) is 0 Å². The van der Waals surface area contributed by atoms with Gasteiger partial charge in [-0.1, -0.05) is 13.0 Å². The maximum absolute atomic E-state index is 5.66. The summed E-state index contributed by atoms with van der Waals surface area (Å²) in [5.41, 5.74) is 8.00. The minimum absolute atomic E-state index is 0.486. The highest BCUT2D eigenvalue weighted by Gasteiger charge is 2.15. The molecule has 0 heterocycles. The van der Waals surface area contributed by atoms with Gasteiger partial charge in [0.05, 0.1) is 12.3 Å². The van der Waals surface area contributed by atoms with Crippen LogP contribution in [0.15, 0.2) is 22.7 Å². The third-order valence-electron chi connectivity index (χ3n) is 3.22. The van der Waals surface area contributed by atoms with Crippen LogP contribution in [0.25, 0.3) is 0 Å². The molecule has 1 unspecified atom stereocenters. The maximum atomic E-state index is 5.66. The van der Waals surface area contributed by atoms with Crippen molar-refractivity contribution in [3.05, 3.63) is 28.2 Å². The van der Waals surface area contributed by atoms with Crippen molar-refractivity contribution in [2.75, 3.05) is 25.2 Å². The summed E-state index contributed by atoms with van der Waals surface area (Å²) in [5, 5.41) is 0. The highest BCUT2D eigenvalue weighted by Crippen LogP contribution is 2.29. The first-order chi connectivity index (χ1) is 8.63. The first kappa shape index (κ1) is 15.5. The molecule has 0 aromatic heterocycles. The number of nitrogens with zero attached hydrogens (tertiary/aromatic N) is 1. The van der Waals surface area contributed by atoms with E-state index < -0.39 is 0 Å². The summed E-state index contributed by atoms with van der Waals surface area (Å²) < 4.78 is 6.30. The van der Waals surface area contributed by atoms with Gasteiger partial charge in [-0.25, -0.2) is 0 Å². The Morgan fingerprint density at radius 1 is 1.44 bits per heavy atom. The van der Waals surface area contributed by atoms with Crippen molar-refractivity contribution in [3.63, 3.8) is 0 Å². The van der Waals surface area contributed by atoms with E-state index in [-0.39, 0.29) is 0 Å². The van der Waals surface area contributed by atoms with Gasteiger partial charge >= 0.3 is 0 Å². The number of benzene rings is 1. The van der Waals surface area contributed by atoms with Gasteiger partial charge < -0.3 is 15.4 Å². The second-order valence-electron chi connectivity index (χ2n) is 4.43. The lowest BCUT2D eigenvalue weighted by atomic mass is 10.1. The molecule has 1 atom stereocenters. The van der Waals surface area contributed by atoms with Crippen LogP contribution in [0.4, 0.5) is 5.69 Å². The average molecular weight is 315 g/mol. The van der Waals surface area contributed by atoms with Gasteiger partial charge in [-0.05, 0) is 47.0 Å². The Balaban J connectivity index is 2.96. The summed E-state index contributed by atoms with van der Waals surface area (Å²) in [6.45, 7) is 6.63. The third-order valence-corrected chi connectivity index (χ3v) is 3.85. The maximum Gasteiger partial charge on any atom is 0.0637 e. The number of hydrogen-bond donors (Lipinski definition) is 1. The number of hydrogen-bond acceptors (Lipinski definition) is 3. The summed E-state index contributed by atoms with van der Waals surface area (Å²) in [7, 11) is 1.74. The Morgan fingerprint density at radius 3 is 2.67 bits per heavy atom. The van der Waals surface area contributed by atoms with Crippen molar-refractivity contribution >= 4 is 21.6 Å². The van der Waals surface area contributed by atoms with Crippen LogP contribution in [0.3, 0.4) is 0 Å². The molecule has 0 fully saturated rings. The normalized spacial score (nSPS) is 12.5. The van der Waals surface area contributed by atoms with Crippen molar-refractivity contribution in [2.45, 2.75) is 32.9 Å². The predicted molar refractivity (Wildman–Crippen MR) is 81.0 cm³/mol. The van der Waals surface area contributed by atoms with Crippen LogP contribution in [-0.2, 0) is 11.3 Å². The number of ether oxygens (including phenoxy) is 1. The second-order valence-corrected chi connectivity index (χ2v) is 5.29. The van der Waals surface area contributed by atoms with Crippen LogP contribution in [0.2, 0.25) is 0 Å². The first-order valence-electron chi connectivity index (χ1n) is 6.38. The van der Waals surface area contributed by atoms with Crippen LogP contribution in [-0.4, -0.2) is 26.3 Å². The van der Waals surface area contributed by atoms with Crippen molar-refractivity contribution in [1.29, 1.82) is 0 Å². The summed E-state index contributed by atoms with van der Waals surface area (Å²) in [4.78, 5) is 2.37. The van der Waals surface area contributed by atoms with E-state index in [1.807, 2.05) is 0 Å². The van der Waals surface area contributed by atoms with Crippen molar-refractivity contribution in [2.24, 2.45) is 5.73 Å². The lowest BCUT2D eigenvalue weighted by molar-refractivity contribution is 0.203. The van der Waals surface area contributed by atoms with Gasteiger partial charge in [0.15, 0.2) is 0 Å². The van der Waals surface area contributed by atoms with Gasteiger partial charge in [0.2, 0.25) is 0 Å². The Hall–Kier alpha value is -0.580. The van der Waals surface area contributed by atoms with Crippen molar-refractivity contribution in [3.8, 4) is 0 Å². The molecule has 0 bridgehead atoms. The monoisotopic (exact) mass is 314 g/mol. The highest BCUT2D eigenvalue weighted by molar-refractivity contribution is 9.10. The Morgan fingerprint density at radius 2 is 2.17 bits per heavy atom. The highest BCUT2D eigenvalue weighted by atomic mass is 79.9. The minimum Gasteiger partial charge on any atom is -0.383 e. The molecule has 0 amide bonds. The zero-order valence-electron chi connectivity index (χ0n) is 11.4. The molecule has 4 heteroatoms. The fourth-order valence-electron chi connectivity index (χ4n) is 1.90. The van der Waals surface area contributed by atoms with E-state index in [1.54, 1.807) is 7.11 Å². The van der Waals surface area contributed by atoms with Crippen LogP contribution in [0.1, 0.15) is 25.8 Å². The fourth-order valence-corrected chi connectivity index (χ4v) is 2.55. The van der Waals surface area contributed by atoms with Crippen molar-refractivity contribution < 1.29 is 4.74 Å². The number of nitrogens with two attached hydrogens (primary N) is 1. The molecule has 0 aliphatic heterocycles. The third kappa shape index (κ3) is 3.97. The topological polar surface area (TPSA) is 38.5 Å². The second kappa shape index (κ2) is 7.77. The van der Waals surface area contributed by atoms with E-state index in [0.29, 0.717) is 12.6 Å². The largest absolute Gasteiger partial charge is 0.383 e. The smallest absolute Gasteiger partial charge is 0.0637 e. The standard InChI is InChI=1S/C14H23BrN2O/c1-4-11(2)17(7-8-18-3)14-6-5-12(10-16)9-13(14)15/h5-6,9,11H,4,7-8,10,16H2,1-3H3. The van der Waals surface area contributed by atoms with E-state index in [9.17, 15) is 0 Å². The van der Waals surface area contributed by atoms with E-state index in [1.165, 1.54) is 5.69 Å². The van der Waals surface area contributed by atoms with E-state index in [4.69, 9.17) is 10.5 Å². The zero-order valence-corrected chi connectivity index (χ0v) is 13.0. The molecule has 102 valence electrons. The molecular formula is C14H23BrN2O. The molecule has 0 saturated carbocycles. The van der Waals surface area contributed by atoms with Crippen LogP contribution < -0.4 is 10.6 Å². The van der Waals surface area contributed by atoms with Crippen LogP contribution in [0.5, 0.6) is 0 Å². The molecule has 0 aliphatic rings. The molecule has 18 heavy (non-hydrogen) atoms. The molecule has 1 aromatic carbocycles. The number of methoxy groups -OCH3 is 1. The van der Waals surface area contributed by atoms with Gasteiger partial charge in [-0.2, -0.15) is 0 Å². The molecule has 0 spiro atoms. The van der Waals surface area contributed by atoms with E-state index in [0.717, 1.165) is 29.6 Å².